The van der Waals surface area contributed by atoms with Gasteiger partial charge in [0.1, 0.15) is 0 Å². The number of unbranched alkanes of at least 4 members (excludes halogenated alkanes) is 2. The van der Waals surface area contributed by atoms with Crippen molar-refractivity contribution >= 4 is 0 Å². The van der Waals surface area contributed by atoms with Crippen LogP contribution in [0.1, 0.15) is 132 Å². The zero-order valence-electron chi connectivity index (χ0n) is 25.6. The molecule has 0 aromatic carbocycles. The minimum absolute atomic E-state index is 0.753. The van der Waals surface area contributed by atoms with Gasteiger partial charge in [0.2, 0.25) is 0 Å². The highest BCUT2D eigenvalue weighted by Gasteiger charge is 2.42. The fourth-order valence-corrected chi connectivity index (χ4v) is 9.99. The maximum absolute atomic E-state index is 4.41. The first-order valence-corrected chi connectivity index (χ1v) is 16.4. The summed E-state index contributed by atoms with van der Waals surface area (Å²) in [7, 11) is 0. The van der Waals surface area contributed by atoms with E-state index in [9.17, 15) is 0 Å². The lowest BCUT2D eigenvalue weighted by Gasteiger charge is -2.48. The summed E-state index contributed by atoms with van der Waals surface area (Å²) in [5.41, 5.74) is 1.45. The van der Waals surface area contributed by atoms with E-state index in [1.165, 1.54) is 89.0 Å². The molecule has 0 nitrogen and oxygen atoms in total. The highest BCUT2D eigenvalue weighted by Crippen LogP contribution is 2.51. The molecule has 0 aromatic heterocycles. The lowest BCUT2D eigenvalue weighted by molar-refractivity contribution is 0.0149. The quantitative estimate of drug-likeness (QED) is 0.197. The molecule has 3 rings (SSSR count). The standard InChI is InChI=1S/C36H64/c1-10-11-12-13-14-30-17-18-33(26(6)19-30)36-27(7)20-31(21-28(36)8)15-16-32-22-34(24(2)3)29(9)35(23-32)25(4)5/h10,25-36H,1-2,11-23H2,3-9H3/t26-,27-,28+,29+,30-,31?,32-,33+,34-,35+,36?/m1/s1. The Bertz CT molecular complexity index is 660. The van der Waals surface area contributed by atoms with Crippen LogP contribution >= 0.6 is 0 Å². The summed E-state index contributed by atoms with van der Waals surface area (Å²) in [4.78, 5) is 0. The van der Waals surface area contributed by atoms with Gasteiger partial charge in [-0.25, -0.2) is 0 Å². The van der Waals surface area contributed by atoms with Gasteiger partial charge in [-0.15, -0.1) is 6.58 Å². The van der Waals surface area contributed by atoms with Crippen molar-refractivity contribution in [2.75, 3.05) is 0 Å². The highest BCUT2D eigenvalue weighted by atomic mass is 14.5. The van der Waals surface area contributed by atoms with Crippen molar-refractivity contribution in [3.8, 4) is 0 Å². The van der Waals surface area contributed by atoms with Crippen LogP contribution in [0.25, 0.3) is 0 Å². The van der Waals surface area contributed by atoms with Crippen LogP contribution in [-0.4, -0.2) is 0 Å². The minimum atomic E-state index is 0.753. The predicted molar refractivity (Wildman–Crippen MR) is 161 cm³/mol. The molecule has 0 heteroatoms. The Balaban J connectivity index is 1.49. The molecule has 3 aliphatic carbocycles. The second-order valence-electron chi connectivity index (χ2n) is 14.9. The van der Waals surface area contributed by atoms with E-state index in [0.29, 0.717) is 0 Å². The van der Waals surface area contributed by atoms with Gasteiger partial charge in [-0.2, -0.15) is 0 Å². The van der Waals surface area contributed by atoms with Crippen LogP contribution in [0.15, 0.2) is 24.8 Å². The van der Waals surface area contributed by atoms with E-state index in [2.05, 4.69) is 67.7 Å². The lowest BCUT2D eigenvalue weighted by Crippen LogP contribution is -2.40. The van der Waals surface area contributed by atoms with Gasteiger partial charge in [-0.05, 0) is 129 Å². The fraction of sp³-hybridized carbons (Fsp3) is 0.889. The summed E-state index contributed by atoms with van der Waals surface area (Å²) in [6.07, 6.45) is 20.9. The molecule has 0 spiro atoms. The monoisotopic (exact) mass is 497 g/mol. The van der Waals surface area contributed by atoms with Crippen LogP contribution < -0.4 is 0 Å². The molecule has 36 heavy (non-hydrogen) atoms. The van der Waals surface area contributed by atoms with Crippen LogP contribution in [0.3, 0.4) is 0 Å². The minimum Gasteiger partial charge on any atom is -0.103 e. The van der Waals surface area contributed by atoms with Gasteiger partial charge in [0.25, 0.3) is 0 Å². The second kappa shape index (κ2) is 14.0. The third-order valence-electron chi connectivity index (χ3n) is 11.8. The summed E-state index contributed by atoms with van der Waals surface area (Å²) in [6, 6.07) is 0. The Morgan fingerprint density at radius 1 is 0.778 bits per heavy atom. The summed E-state index contributed by atoms with van der Waals surface area (Å²) < 4.78 is 0. The SMILES string of the molecule is C=CCCCC[C@@H]1CC[C@H](C2[C@H](C)CC(CC[C@@H]3C[C@H](C(=C)C)[C@H](C)[C@H](C(C)C)C3)C[C@@H]2C)[C@H](C)C1. The summed E-state index contributed by atoms with van der Waals surface area (Å²) in [5.74, 6) is 10.9. The summed E-state index contributed by atoms with van der Waals surface area (Å²) in [6.45, 7) is 25.9. The van der Waals surface area contributed by atoms with E-state index in [4.69, 9.17) is 0 Å². The zero-order valence-corrected chi connectivity index (χ0v) is 25.6. The lowest BCUT2D eigenvalue weighted by atomic mass is 9.57. The molecule has 0 bridgehead atoms. The Morgan fingerprint density at radius 2 is 1.39 bits per heavy atom. The third-order valence-corrected chi connectivity index (χ3v) is 11.8. The van der Waals surface area contributed by atoms with E-state index >= 15 is 0 Å². The van der Waals surface area contributed by atoms with Crippen molar-refractivity contribution in [1.82, 2.24) is 0 Å². The topological polar surface area (TPSA) is 0 Å². The van der Waals surface area contributed by atoms with Crippen molar-refractivity contribution in [2.24, 2.45) is 71.0 Å². The number of allylic oxidation sites excluding steroid dienone is 2. The Morgan fingerprint density at radius 3 is 1.94 bits per heavy atom. The average Bonchev–Trinajstić information content (AvgIpc) is 2.81. The smallest absolute Gasteiger partial charge is 0.0178 e. The molecule has 0 amide bonds. The van der Waals surface area contributed by atoms with E-state index in [1.807, 2.05) is 0 Å². The molecule has 0 saturated heterocycles. The molecule has 208 valence electrons. The second-order valence-corrected chi connectivity index (χ2v) is 14.9. The van der Waals surface area contributed by atoms with Crippen molar-refractivity contribution in [2.45, 2.75) is 132 Å². The maximum atomic E-state index is 4.41. The Hall–Kier alpha value is -0.520. The number of hydrogen-bond donors (Lipinski definition) is 0. The van der Waals surface area contributed by atoms with Crippen molar-refractivity contribution in [3.63, 3.8) is 0 Å². The van der Waals surface area contributed by atoms with Crippen molar-refractivity contribution < 1.29 is 0 Å². The molecule has 3 aliphatic rings. The molecular weight excluding hydrogens is 432 g/mol. The van der Waals surface area contributed by atoms with E-state index in [0.717, 1.165) is 71.0 Å². The van der Waals surface area contributed by atoms with E-state index < -0.39 is 0 Å². The molecule has 3 saturated carbocycles. The molecule has 11 atom stereocenters. The van der Waals surface area contributed by atoms with Crippen molar-refractivity contribution in [1.29, 1.82) is 0 Å². The third kappa shape index (κ3) is 7.76. The van der Waals surface area contributed by atoms with Gasteiger partial charge < -0.3 is 0 Å². The van der Waals surface area contributed by atoms with Gasteiger partial charge in [-0.1, -0.05) is 91.9 Å². The molecule has 0 aromatic rings. The normalized spacial score (nSPS) is 41.8. The van der Waals surface area contributed by atoms with Crippen LogP contribution in [0.2, 0.25) is 0 Å². The average molecular weight is 497 g/mol. The first-order chi connectivity index (χ1) is 17.1. The summed E-state index contributed by atoms with van der Waals surface area (Å²) >= 11 is 0. The number of hydrogen-bond acceptors (Lipinski definition) is 0. The number of rotatable bonds is 11. The van der Waals surface area contributed by atoms with Gasteiger partial charge in [0.15, 0.2) is 0 Å². The molecule has 0 aliphatic heterocycles. The molecule has 0 heterocycles. The van der Waals surface area contributed by atoms with E-state index in [1.54, 1.807) is 0 Å². The van der Waals surface area contributed by atoms with Crippen LogP contribution in [-0.2, 0) is 0 Å². The van der Waals surface area contributed by atoms with Crippen LogP contribution in [0, 0.1) is 71.0 Å². The first-order valence-electron chi connectivity index (χ1n) is 16.4. The van der Waals surface area contributed by atoms with Gasteiger partial charge in [-0.3, -0.25) is 0 Å². The molecule has 0 N–H and O–H groups in total. The molecule has 2 unspecified atom stereocenters. The van der Waals surface area contributed by atoms with Gasteiger partial charge >= 0.3 is 0 Å². The molecular formula is C36H64. The van der Waals surface area contributed by atoms with Gasteiger partial charge in [0, 0.05) is 0 Å². The molecule has 3 fully saturated rings. The zero-order chi connectivity index (χ0) is 26.4. The summed E-state index contributed by atoms with van der Waals surface area (Å²) in [5, 5.41) is 0. The fourth-order valence-electron chi connectivity index (χ4n) is 9.99. The largest absolute Gasteiger partial charge is 0.103 e. The van der Waals surface area contributed by atoms with Crippen LogP contribution in [0.4, 0.5) is 0 Å². The predicted octanol–water partition coefficient (Wildman–Crippen LogP) is 11.4. The van der Waals surface area contributed by atoms with Gasteiger partial charge in [0.05, 0.1) is 0 Å². The van der Waals surface area contributed by atoms with Crippen LogP contribution in [0.5, 0.6) is 0 Å². The highest BCUT2D eigenvalue weighted by molar-refractivity contribution is 5.03. The van der Waals surface area contributed by atoms with E-state index in [-0.39, 0.29) is 0 Å². The van der Waals surface area contributed by atoms with Crippen molar-refractivity contribution in [3.05, 3.63) is 24.8 Å². The maximum Gasteiger partial charge on any atom is -0.0178 e. The first kappa shape index (κ1) is 30.0. The molecule has 0 radical (unpaired) electrons. The Kier molecular flexibility index (Phi) is 11.7. The Labute approximate surface area is 227 Å².